The lowest BCUT2D eigenvalue weighted by molar-refractivity contribution is 0.0964. The van der Waals surface area contributed by atoms with Crippen molar-refractivity contribution in [2.24, 2.45) is 0 Å². The van der Waals surface area contributed by atoms with Crippen LogP contribution in [-0.2, 0) is 10.0 Å². The van der Waals surface area contributed by atoms with Crippen molar-refractivity contribution >= 4 is 43.5 Å². The highest BCUT2D eigenvalue weighted by Gasteiger charge is 2.28. The van der Waals surface area contributed by atoms with Crippen LogP contribution in [0, 0.1) is 11.6 Å². The summed E-state index contributed by atoms with van der Waals surface area (Å²) in [6, 6.07) is 15.1. The molecule has 230 valence electrons. The number of nitrogens with zero attached hydrogens (tertiary/aromatic N) is 3. The number of alkyl halides is 1. The highest BCUT2D eigenvalue weighted by molar-refractivity contribution is 7.92. The Morgan fingerprint density at radius 2 is 1.76 bits per heavy atom. The Balaban J connectivity index is 1.63. The van der Waals surface area contributed by atoms with Gasteiger partial charge in [-0.05, 0) is 48.9 Å². The molecule has 0 atom stereocenters. The Kier molecular flexibility index (Phi) is 7.79. The van der Waals surface area contributed by atoms with Crippen LogP contribution in [0.15, 0.2) is 77.5 Å². The van der Waals surface area contributed by atoms with Gasteiger partial charge in [0.1, 0.15) is 28.5 Å². The van der Waals surface area contributed by atoms with Crippen LogP contribution in [-0.4, -0.2) is 55.8 Å². The van der Waals surface area contributed by atoms with Gasteiger partial charge in [0.25, 0.3) is 5.91 Å². The number of amides is 1. The summed E-state index contributed by atoms with van der Waals surface area (Å²) in [6.07, 6.45) is 3.64. The van der Waals surface area contributed by atoms with Gasteiger partial charge in [0.2, 0.25) is 10.0 Å². The van der Waals surface area contributed by atoms with Crippen molar-refractivity contribution in [1.82, 2.24) is 20.3 Å². The third kappa shape index (κ3) is 5.50. The molecular formula is C32H26F3N5O4S. The molecule has 0 unspecified atom stereocenters. The highest BCUT2D eigenvalue weighted by atomic mass is 32.2. The lowest BCUT2D eigenvalue weighted by atomic mass is 10.0. The summed E-state index contributed by atoms with van der Waals surface area (Å²) < 4.78 is 75.7. The minimum absolute atomic E-state index is 0.0820. The first-order chi connectivity index (χ1) is 21.6. The third-order valence-corrected chi connectivity index (χ3v) is 8.52. The summed E-state index contributed by atoms with van der Waals surface area (Å²) in [4.78, 5) is 25.1. The third-order valence-electron chi connectivity index (χ3n) is 7.34. The van der Waals surface area contributed by atoms with E-state index >= 15 is 4.39 Å². The number of fused-ring (bicyclic) bond motifs is 2. The van der Waals surface area contributed by atoms with Crippen LogP contribution in [0.5, 0.6) is 0 Å². The Labute approximate surface area is 255 Å². The Bertz CT molecular complexity index is 2180. The number of anilines is 1. The van der Waals surface area contributed by atoms with Crippen molar-refractivity contribution in [2.45, 2.75) is 6.42 Å². The van der Waals surface area contributed by atoms with Crippen molar-refractivity contribution in [2.75, 3.05) is 30.8 Å². The summed E-state index contributed by atoms with van der Waals surface area (Å²) >= 11 is 0. The number of aromatic amines is 1. The Morgan fingerprint density at radius 3 is 2.44 bits per heavy atom. The van der Waals surface area contributed by atoms with Crippen molar-refractivity contribution in [3.8, 4) is 34.0 Å². The van der Waals surface area contributed by atoms with Crippen LogP contribution >= 0.6 is 0 Å². The van der Waals surface area contributed by atoms with Gasteiger partial charge in [-0.3, -0.25) is 18.5 Å². The van der Waals surface area contributed by atoms with Crippen molar-refractivity contribution < 1.29 is 30.8 Å². The zero-order chi connectivity index (χ0) is 31.9. The summed E-state index contributed by atoms with van der Waals surface area (Å²) in [5.74, 6) is -1.40. The molecule has 13 heteroatoms. The monoisotopic (exact) mass is 633 g/mol. The van der Waals surface area contributed by atoms with E-state index in [9.17, 15) is 22.0 Å². The average Bonchev–Trinajstić information content (AvgIpc) is 3.57. The van der Waals surface area contributed by atoms with Gasteiger partial charge in [-0.25, -0.2) is 22.2 Å². The largest absolute Gasteiger partial charge is 0.455 e. The number of furan rings is 1. The molecule has 0 radical (unpaired) electrons. The average molecular weight is 634 g/mol. The van der Waals surface area contributed by atoms with E-state index in [1.165, 1.54) is 55.8 Å². The van der Waals surface area contributed by atoms with Crippen LogP contribution in [0.1, 0.15) is 16.8 Å². The topological polar surface area (TPSA) is 121 Å². The van der Waals surface area contributed by atoms with Gasteiger partial charge >= 0.3 is 0 Å². The quantitative estimate of drug-likeness (QED) is 0.188. The maximum absolute atomic E-state index is 15.4. The minimum atomic E-state index is -3.97. The fourth-order valence-corrected chi connectivity index (χ4v) is 6.24. The number of H-pyrrole nitrogens is 1. The Hall–Kier alpha value is -5.17. The van der Waals surface area contributed by atoms with E-state index in [0.29, 0.717) is 21.9 Å². The van der Waals surface area contributed by atoms with Gasteiger partial charge in [0.05, 0.1) is 42.3 Å². The number of para-hydroxylation sites is 1. The van der Waals surface area contributed by atoms with E-state index < -0.39 is 34.2 Å². The van der Waals surface area contributed by atoms with E-state index in [1.807, 2.05) is 0 Å². The minimum Gasteiger partial charge on any atom is -0.455 e. The molecule has 0 fully saturated rings. The number of carbonyl (C=O) groups excluding carboxylic acids is 1. The predicted octanol–water partition coefficient (Wildman–Crippen LogP) is 6.47. The van der Waals surface area contributed by atoms with E-state index in [2.05, 4.69) is 20.3 Å². The molecule has 6 aromatic rings. The van der Waals surface area contributed by atoms with Crippen LogP contribution < -0.4 is 9.62 Å². The van der Waals surface area contributed by atoms with E-state index in [4.69, 9.17) is 4.42 Å². The number of carbonyl (C=O) groups is 1. The van der Waals surface area contributed by atoms with Crippen LogP contribution in [0.3, 0.4) is 0 Å². The van der Waals surface area contributed by atoms with E-state index in [0.717, 1.165) is 10.6 Å². The summed E-state index contributed by atoms with van der Waals surface area (Å²) in [5, 5.41) is 3.25. The second-order valence-electron chi connectivity index (χ2n) is 10.3. The second-order valence-corrected chi connectivity index (χ2v) is 12.2. The molecule has 1 amide bonds. The SMILES string of the molecule is CNC(=O)c1c(-c2ccc(F)cc2)oc2cc(N(CCCF)S(C)(=O)=O)c(-c3cncc(-c4[nH]c5ccccc5c4F)n3)cc12. The molecule has 2 N–H and O–H groups in total. The molecule has 0 bridgehead atoms. The molecule has 0 saturated carbocycles. The number of rotatable bonds is 9. The summed E-state index contributed by atoms with van der Waals surface area (Å²) in [7, 11) is -2.53. The number of benzene rings is 3. The standard InChI is InChI=1S/C32H26F3N5O4S/c1-36-32(41)28-22-14-21(24-16-37-17-25(38-24)30-29(35)20-6-3-4-7-23(20)39-30)26(40(13-5-12-33)45(2,42)43)15-27(22)44-31(28)18-8-10-19(34)11-9-18/h3-4,6-11,14-17,39H,5,12-13H2,1-2H3,(H,36,41). The maximum Gasteiger partial charge on any atom is 0.255 e. The molecule has 0 aliphatic heterocycles. The molecule has 9 nitrogen and oxygen atoms in total. The summed E-state index contributed by atoms with van der Waals surface area (Å²) in [5.41, 5.74) is 1.91. The predicted molar refractivity (Wildman–Crippen MR) is 166 cm³/mol. The maximum atomic E-state index is 15.4. The number of sulfonamides is 1. The van der Waals surface area contributed by atoms with Crippen LogP contribution in [0.25, 0.3) is 55.8 Å². The first-order valence-electron chi connectivity index (χ1n) is 13.8. The van der Waals surface area contributed by atoms with Gasteiger partial charge < -0.3 is 14.7 Å². The van der Waals surface area contributed by atoms with Crippen molar-refractivity contribution in [3.05, 3.63) is 90.3 Å². The first kappa shape index (κ1) is 29.9. The number of hydrogen-bond donors (Lipinski definition) is 2. The second kappa shape index (κ2) is 11.7. The zero-order valence-electron chi connectivity index (χ0n) is 24.1. The van der Waals surface area contributed by atoms with Crippen molar-refractivity contribution in [1.29, 1.82) is 0 Å². The molecule has 0 aliphatic carbocycles. The molecular weight excluding hydrogens is 607 g/mol. The van der Waals surface area contributed by atoms with Gasteiger partial charge in [-0.15, -0.1) is 0 Å². The molecule has 3 aromatic heterocycles. The normalized spacial score (nSPS) is 11.8. The lowest BCUT2D eigenvalue weighted by Crippen LogP contribution is -2.31. The highest BCUT2D eigenvalue weighted by Crippen LogP contribution is 2.41. The summed E-state index contributed by atoms with van der Waals surface area (Å²) in [6.45, 7) is -0.972. The van der Waals surface area contributed by atoms with Gasteiger partial charge in [0.15, 0.2) is 5.82 Å². The number of aromatic nitrogens is 3. The molecule has 0 saturated heterocycles. The molecule has 0 spiro atoms. The van der Waals surface area contributed by atoms with E-state index in [-0.39, 0.29) is 58.2 Å². The fraction of sp³-hybridized carbons (Fsp3) is 0.156. The molecule has 3 heterocycles. The number of nitrogens with one attached hydrogen (secondary N) is 2. The number of halogens is 3. The van der Waals surface area contributed by atoms with Gasteiger partial charge in [-0.1, -0.05) is 12.1 Å². The lowest BCUT2D eigenvalue weighted by Gasteiger charge is -2.24. The molecule has 6 rings (SSSR count). The van der Waals surface area contributed by atoms with Gasteiger partial charge in [-0.2, -0.15) is 0 Å². The molecule has 45 heavy (non-hydrogen) atoms. The smallest absolute Gasteiger partial charge is 0.255 e. The van der Waals surface area contributed by atoms with Crippen LogP contribution in [0.4, 0.5) is 18.9 Å². The molecule has 3 aromatic carbocycles. The Morgan fingerprint density at radius 1 is 1.02 bits per heavy atom. The van der Waals surface area contributed by atoms with Crippen LogP contribution in [0.2, 0.25) is 0 Å². The number of hydrogen-bond acceptors (Lipinski definition) is 6. The van der Waals surface area contributed by atoms with Crippen molar-refractivity contribution in [3.63, 3.8) is 0 Å². The fourth-order valence-electron chi connectivity index (χ4n) is 5.27. The zero-order valence-corrected chi connectivity index (χ0v) is 24.9. The van der Waals surface area contributed by atoms with E-state index in [1.54, 1.807) is 24.3 Å². The van der Waals surface area contributed by atoms with Gasteiger partial charge in [0, 0.05) is 47.1 Å². The first-order valence-corrected chi connectivity index (χ1v) is 15.7. The molecule has 0 aliphatic rings.